The second-order valence-corrected chi connectivity index (χ2v) is 8.53. The molecular weight excluding hydrogens is 422 g/mol. The highest BCUT2D eigenvalue weighted by Gasteiger charge is 2.23. The predicted molar refractivity (Wildman–Crippen MR) is 128 cm³/mol. The van der Waals surface area contributed by atoms with Gasteiger partial charge in [-0.3, -0.25) is 9.59 Å². The number of carboxylic acid groups (broad SMARTS) is 2. The highest BCUT2D eigenvalue weighted by Crippen LogP contribution is 2.25. The van der Waals surface area contributed by atoms with Crippen LogP contribution in [-0.4, -0.2) is 46.5 Å². The number of hydrogen-bond acceptors (Lipinski definition) is 5. The van der Waals surface area contributed by atoms with E-state index in [-0.39, 0.29) is 19.4 Å². The van der Waals surface area contributed by atoms with Crippen LogP contribution < -0.4 is 9.64 Å². The minimum absolute atomic E-state index is 0.219. The number of benzene rings is 2. The van der Waals surface area contributed by atoms with E-state index < -0.39 is 17.5 Å². The molecule has 0 heterocycles. The van der Waals surface area contributed by atoms with E-state index in [1.807, 2.05) is 38.2 Å². The van der Waals surface area contributed by atoms with Crippen molar-refractivity contribution in [1.29, 1.82) is 0 Å². The molecule has 0 saturated carbocycles. The van der Waals surface area contributed by atoms with Crippen LogP contribution >= 0.6 is 0 Å². The molecule has 2 aromatic rings. The maximum Gasteiger partial charge on any atom is 0.307 e. The SMILES string of the molecule is CCCC(O)(CC)CCN(C)c1cccc(OCc2ccc(CC(=O)O)c(CC(=O)O)c2)c1. The van der Waals surface area contributed by atoms with Crippen LogP contribution in [0.5, 0.6) is 5.75 Å². The van der Waals surface area contributed by atoms with Gasteiger partial charge in [-0.2, -0.15) is 0 Å². The molecule has 0 saturated heterocycles. The Kier molecular flexibility index (Phi) is 9.73. The normalized spacial score (nSPS) is 12.7. The minimum Gasteiger partial charge on any atom is -0.489 e. The van der Waals surface area contributed by atoms with Gasteiger partial charge >= 0.3 is 11.9 Å². The van der Waals surface area contributed by atoms with Crippen LogP contribution in [0, 0.1) is 0 Å². The number of aliphatic carboxylic acids is 2. The average Bonchev–Trinajstić information content (AvgIpc) is 2.77. The maximum absolute atomic E-state index is 11.2. The van der Waals surface area contributed by atoms with Gasteiger partial charge in [0, 0.05) is 25.3 Å². The van der Waals surface area contributed by atoms with E-state index in [0.717, 1.165) is 37.1 Å². The predicted octanol–water partition coefficient (Wildman–Crippen LogP) is 4.29. The Hall–Kier alpha value is -3.06. The molecule has 0 aliphatic rings. The van der Waals surface area contributed by atoms with Crippen LogP contribution in [-0.2, 0) is 29.0 Å². The number of hydrogen-bond donors (Lipinski definition) is 3. The third-order valence-corrected chi connectivity index (χ3v) is 5.90. The maximum atomic E-state index is 11.2. The van der Waals surface area contributed by atoms with Crippen molar-refractivity contribution in [3.63, 3.8) is 0 Å². The molecule has 0 aliphatic heterocycles. The fourth-order valence-corrected chi connectivity index (χ4v) is 3.86. The number of carboxylic acids is 2. The monoisotopic (exact) mass is 457 g/mol. The Morgan fingerprint density at radius 3 is 2.30 bits per heavy atom. The van der Waals surface area contributed by atoms with Gasteiger partial charge in [0.2, 0.25) is 0 Å². The first-order valence-electron chi connectivity index (χ1n) is 11.4. The molecule has 2 aromatic carbocycles. The first kappa shape index (κ1) is 26.2. The zero-order chi connectivity index (χ0) is 24.4. The summed E-state index contributed by atoms with van der Waals surface area (Å²) in [6.07, 6.45) is 2.70. The number of carbonyl (C=O) groups is 2. The van der Waals surface area contributed by atoms with Crippen LogP contribution in [0.1, 0.15) is 56.2 Å². The van der Waals surface area contributed by atoms with Crippen molar-refractivity contribution in [2.45, 2.75) is 64.6 Å². The quantitative estimate of drug-likeness (QED) is 0.388. The van der Waals surface area contributed by atoms with E-state index in [9.17, 15) is 14.7 Å². The van der Waals surface area contributed by atoms with Crippen LogP contribution in [0.3, 0.4) is 0 Å². The van der Waals surface area contributed by atoms with E-state index in [4.69, 9.17) is 14.9 Å². The average molecular weight is 458 g/mol. The molecule has 1 atom stereocenters. The highest BCUT2D eigenvalue weighted by molar-refractivity contribution is 5.74. The second kappa shape index (κ2) is 12.3. The van der Waals surface area contributed by atoms with E-state index in [2.05, 4.69) is 11.8 Å². The Balaban J connectivity index is 2.05. The lowest BCUT2D eigenvalue weighted by Gasteiger charge is -2.29. The minimum atomic E-state index is -1.01. The van der Waals surface area contributed by atoms with E-state index in [0.29, 0.717) is 23.3 Å². The smallest absolute Gasteiger partial charge is 0.307 e. The van der Waals surface area contributed by atoms with Crippen molar-refractivity contribution < 1.29 is 29.6 Å². The molecule has 3 N–H and O–H groups in total. The van der Waals surface area contributed by atoms with Gasteiger partial charge in [0.25, 0.3) is 0 Å². The van der Waals surface area contributed by atoms with E-state index in [1.165, 1.54) is 0 Å². The van der Waals surface area contributed by atoms with Gasteiger partial charge in [-0.05, 0) is 48.1 Å². The van der Waals surface area contributed by atoms with Gasteiger partial charge in [0.1, 0.15) is 12.4 Å². The summed E-state index contributed by atoms with van der Waals surface area (Å²) in [5, 5.41) is 28.9. The summed E-state index contributed by atoms with van der Waals surface area (Å²) in [5.74, 6) is -1.34. The lowest BCUT2D eigenvalue weighted by molar-refractivity contribution is -0.137. The van der Waals surface area contributed by atoms with Crippen molar-refractivity contribution in [3.05, 3.63) is 59.2 Å². The molecule has 7 heteroatoms. The lowest BCUT2D eigenvalue weighted by atomic mass is 9.91. The van der Waals surface area contributed by atoms with Gasteiger partial charge < -0.3 is 25.0 Å². The molecule has 0 aromatic heterocycles. The first-order chi connectivity index (χ1) is 15.7. The van der Waals surface area contributed by atoms with Crippen LogP contribution in [0.4, 0.5) is 5.69 Å². The fraction of sp³-hybridized carbons (Fsp3) is 0.462. The third-order valence-electron chi connectivity index (χ3n) is 5.90. The summed E-state index contributed by atoms with van der Waals surface area (Å²) in [6.45, 7) is 5.05. The number of nitrogens with zero attached hydrogens (tertiary/aromatic N) is 1. The van der Waals surface area contributed by atoms with Gasteiger partial charge in [0.05, 0.1) is 18.4 Å². The molecule has 180 valence electrons. The topological polar surface area (TPSA) is 107 Å². The Bertz CT molecular complexity index is 944. The molecule has 1 unspecified atom stereocenters. The summed E-state index contributed by atoms with van der Waals surface area (Å²) < 4.78 is 5.93. The molecule has 0 bridgehead atoms. The number of aliphatic hydroxyl groups is 1. The van der Waals surface area contributed by atoms with Crippen molar-refractivity contribution in [1.82, 2.24) is 0 Å². The van der Waals surface area contributed by atoms with Crippen LogP contribution in [0.25, 0.3) is 0 Å². The second-order valence-electron chi connectivity index (χ2n) is 8.53. The number of rotatable bonds is 14. The first-order valence-corrected chi connectivity index (χ1v) is 11.4. The molecule has 33 heavy (non-hydrogen) atoms. The summed E-state index contributed by atoms with van der Waals surface area (Å²) >= 11 is 0. The molecule has 7 nitrogen and oxygen atoms in total. The van der Waals surface area contributed by atoms with Crippen molar-refractivity contribution in [3.8, 4) is 5.75 Å². The van der Waals surface area contributed by atoms with E-state index in [1.54, 1.807) is 18.2 Å². The zero-order valence-corrected chi connectivity index (χ0v) is 19.7. The number of ether oxygens (including phenoxy) is 1. The Morgan fingerprint density at radius 2 is 1.67 bits per heavy atom. The zero-order valence-electron chi connectivity index (χ0n) is 19.7. The molecule has 0 fully saturated rings. The summed E-state index contributed by atoms with van der Waals surface area (Å²) in [6, 6.07) is 12.8. The molecule has 0 aliphatic carbocycles. The molecule has 2 rings (SSSR count). The standard InChI is InChI=1S/C26H35NO6/c1-4-11-26(32,5-2)12-13-27(3)22-7-6-8-23(17-22)33-18-19-9-10-20(15-24(28)29)21(14-19)16-25(30)31/h6-10,14,17,32H,4-5,11-13,15-16,18H2,1-3H3,(H,28,29)(H,30,31). The highest BCUT2D eigenvalue weighted by atomic mass is 16.5. The fourth-order valence-electron chi connectivity index (χ4n) is 3.86. The molecular formula is C26H35NO6. The largest absolute Gasteiger partial charge is 0.489 e. The van der Waals surface area contributed by atoms with Gasteiger partial charge in [-0.25, -0.2) is 0 Å². The van der Waals surface area contributed by atoms with Crippen LogP contribution in [0.15, 0.2) is 42.5 Å². The van der Waals surface area contributed by atoms with Crippen molar-refractivity contribution in [2.75, 3.05) is 18.5 Å². The van der Waals surface area contributed by atoms with Gasteiger partial charge in [-0.15, -0.1) is 0 Å². The summed E-state index contributed by atoms with van der Waals surface area (Å²) in [4.78, 5) is 24.3. The molecule has 0 amide bonds. The number of anilines is 1. The molecule has 0 spiro atoms. The van der Waals surface area contributed by atoms with Crippen LogP contribution in [0.2, 0.25) is 0 Å². The summed E-state index contributed by atoms with van der Waals surface area (Å²) in [7, 11) is 1.99. The van der Waals surface area contributed by atoms with Gasteiger partial charge in [-0.1, -0.05) is 44.5 Å². The van der Waals surface area contributed by atoms with Crippen molar-refractivity contribution in [2.24, 2.45) is 0 Å². The lowest BCUT2D eigenvalue weighted by Crippen LogP contribution is -2.33. The molecule has 0 radical (unpaired) electrons. The van der Waals surface area contributed by atoms with Gasteiger partial charge in [0.15, 0.2) is 0 Å². The Labute approximate surface area is 195 Å². The van der Waals surface area contributed by atoms with E-state index >= 15 is 0 Å². The third kappa shape index (κ3) is 8.42. The summed E-state index contributed by atoms with van der Waals surface area (Å²) in [5.41, 5.74) is 2.08. The Morgan fingerprint density at radius 1 is 0.970 bits per heavy atom. The van der Waals surface area contributed by atoms with Crippen molar-refractivity contribution >= 4 is 17.6 Å².